The Morgan fingerprint density at radius 3 is 2.91 bits per heavy atom. The Morgan fingerprint density at radius 2 is 2.04 bits per heavy atom. The van der Waals surface area contributed by atoms with Crippen molar-refractivity contribution in [2.24, 2.45) is 5.92 Å². The number of pyridine rings is 1. The van der Waals surface area contributed by atoms with Crippen molar-refractivity contribution in [1.29, 1.82) is 0 Å². The first-order valence-corrected chi connectivity index (χ1v) is 8.37. The highest BCUT2D eigenvalue weighted by Crippen LogP contribution is 2.36. The van der Waals surface area contributed by atoms with E-state index in [0.29, 0.717) is 29.2 Å². The van der Waals surface area contributed by atoms with E-state index in [0.717, 1.165) is 37.3 Å². The third-order valence-electron chi connectivity index (χ3n) is 4.99. The summed E-state index contributed by atoms with van der Waals surface area (Å²) >= 11 is 6.05. The van der Waals surface area contributed by atoms with Crippen LogP contribution in [0.5, 0.6) is 5.75 Å². The maximum Gasteiger partial charge on any atom is 0.250 e. The van der Waals surface area contributed by atoms with E-state index in [1.54, 1.807) is 18.2 Å². The number of benzene rings is 1. The second-order valence-electron chi connectivity index (χ2n) is 6.67. The number of hydrogen-bond acceptors (Lipinski definition) is 3. The van der Waals surface area contributed by atoms with Crippen molar-refractivity contribution in [3.63, 3.8) is 0 Å². The minimum atomic E-state index is 0.109. The van der Waals surface area contributed by atoms with Crippen molar-refractivity contribution >= 4 is 11.6 Å². The molecule has 5 heteroatoms. The second-order valence-corrected chi connectivity index (χ2v) is 7.10. The van der Waals surface area contributed by atoms with E-state index in [2.05, 4.69) is 11.0 Å². The van der Waals surface area contributed by atoms with Crippen LogP contribution in [0.1, 0.15) is 23.6 Å². The van der Waals surface area contributed by atoms with Crippen LogP contribution < -0.4 is 5.56 Å². The molecule has 0 radical (unpaired) electrons. The highest BCUT2D eigenvalue weighted by molar-refractivity contribution is 6.30. The van der Waals surface area contributed by atoms with Gasteiger partial charge in [0.1, 0.15) is 5.75 Å². The molecule has 0 spiro atoms. The second kappa shape index (κ2) is 5.69. The zero-order valence-corrected chi connectivity index (χ0v) is 13.5. The first-order chi connectivity index (χ1) is 11.1. The lowest BCUT2D eigenvalue weighted by Crippen LogP contribution is -2.46. The molecule has 4 rings (SSSR count). The number of aromatic hydroxyl groups is 1. The van der Waals surface area contributed by atoms with Crippen molar-refractivity contribution in [1.82, 2.24) is 9.47 Å². The molecule has 1 aromatic heterocycles. The number of phenolic OH excluding ortho intramolecular Hbond substituents is 1. The molecule has 120 valence electrons. The normalized spacial score (nSPS) is 23.5. The number of piperidine rings is 1. The van der Waals surface area contributed by atoms with E-state index in [1.165, 1.54) is 0 Å². The maximum absolute atomic E-state index is 12.1. The monoisotopic (exact) mass is 330 g/mol. The van der Waals surface area contributed by atoms with Gasteiger partial charge in [-0.3, -0.25) is 9.69 Å². The summed E-state index contributed by atoms with van der Waals surface area (Å²) in [6, 6.07) is 10.8. The Balaban J connectivity index is 1.59. The van der Waals surface area contributed by atoms with Crippen LogP contribution in [-0.2, 0) is 13.1 Å². The summed E-state index contributed by atoms with van der Waals surface area (Å²) in [4.78, 5) is 14.4. The van der Waals surface area contributed by atoms with Gasteiger partial charge in [-0.15, -0.1) is 0 Å². The average molecular weight is 331 g/mol. The summed E-state index contributed by atoms with van der Waals surface area (Å²) in [6.45, 7) is 3.34. The summed E-state index contributed by atoms with van der Waals surface area (Å²) in [5.74, 6) is 1.17. The van der Waals surface area contributed by atoms with Gasteiger partial charge in [-0.25, -0.2) is 0 Å². The minimum absolute atomic E-state index is 0.109. The van der Waals surface area contributed by atoms with Gasteiger partial charge in [0.2, 0.25) is 0 Å². The first-order valence-electron chi connectivity index (χ1n) is 7.99. The van der Waals surface area contributed by atoms with E-state index < -0.39 is 0 Å². The molecule has 0 amide bonds. The number of fused-ring (bicyclic) bond motifs is 4. The molecular formula is C18H19ClN2O2. The predicted octanol–water partition coefficient (Wildman–Crippen LogP) is 2.83. The fraction of sp³-hybridized carbons (Fsp3) is 0.389. The quantitative estimate of drug-likeness (QED) is 0.921. The Labute approximate surface area is 139 Å². The van der Waals surface area contributed by atoms with E-state index >= 15 is 0 Å². The molecule has 1 aromatic carbocycles. The van der Waals surface area contributed by atoms with Gasteiger partial charge < -0.3 is 9.67 Å². The lowest BCUT2D eigenvalue weighted by molar-refractivity contribution is 0.113. The first kappa shape index (κ1) is 14.8. The van der Waals surface area contributed by atoms with Crippen molar-refractivity contribution in [2.45, 2.75) is 25.4 Å². The molecule has 2 bridgehead atoms. The lowest BCUT2D eigenvalue weighted by atomic mass is 9.83. The smallest absolute Gasteiger partial charge is 0.250 e. The van der Waals surface area contributed by atoms with Gasteiger partial charge in [-0.1, -0.05) is 17.7 Å². The molecule has 1 fully saturated rings. The Bertz CT molecular complexity index is 802. The third-order valence-corrected chi connectivity index (χ3v) is 5.23. The van der Waals surface area contributed by atoms with Gasteiger partial charge in [0.25, 0.3) is 5.56 Å². The van der Waals surface area contributed by atoms with Gasteiger partial charge in [-0.2, -0.15) is 0 Å². The Kier molecular flexibility index (Phi) is 3.66. The molecule has 2 aromatic rings. The number of likely N-dealkylation sites (tertiary alicyclic amines) is 1. The van der Waals surface area contributed by atoms with Gasteiger partial charge in [0.05, 0.1) is 0 Å². The van der Waals surface area contributed by atoms with E-state index in [9.17, 15) is 9.90 Å². The van der Waals surface area contributed by atoms with Crippen LogP contribution in [0.3, 0.4) is 0 Å². The van der Waals surface area contributed by atoms with Gasteiger partial charge in [0.15, 0.2) is 0 Å². The summed E-state index contributed by atoms with van der Waals surface area (Å²) in [5.41, 5.74) is 2.12. The zero-order chi connectivity index (χ0) is 16.0. The summed E-state index contributed by atoms with van der Waals surface area (Å²) in [5, 5.41) is 10.7. The molecule has 2 unspecified atom stereocenters. The fourth-order valence-electron chi connectivity index (χ4n) is 4.05. The molecule has 2 aliphatic heterocycles. The fourth-order valence-corrected chi connectivity index (χ4v) is 4.24. The van der Waals surface area contributed by atoms with Crippen LogP contribution in [-0.4, -0.2) is 27.7 Å². The molecule has 2 atom stereocenters. The molecule has 2 aliphatic rings. The van der Waals surface area contributed by atoms with Gasteiger partial charge in [0, 0.05) is 54.4 Å². The number of aromatic nitrogens is 1. The maximum atomic E-state index is 12.1. The molecule has 0 aliphatic carbocycles. The van der Waals surface area contributed by atoms with E-state index in [4.69, 9.17) is 11.6 Å². The van der Waals surface area contributed by atoms with E-state index in [-0.39, 0.29) is 5.56 Å². The van der Waals surface area contributed by atoms with Crippen LogP contribution in [0.25, 0.3) is 0 Å². The van der Waals surface area contributed by atoms with Crippen LogP contribution in [0.4, 0.5) is 0 Å². The number of halogens is 1. The number of hydrogen-bond donors (Lipinski definition) is 1. The van der Waals surface area contributed by atoms with Crippen molar-refractivity contribution < 1.29 is 5.11 Å². The summed E-state index contributed by atoms with van der Waals surface area (Å²) in [6.07, 6.45) is 1.14. The number of phenols is 1. The van der Waals surface area contributed by atoms with Crippen LogP contribution in [0, 0.1) is 5.92 Å². The Hall–Kier alpha value is -1.78. The number of nitrogens with zero attached hydrogens (tertiary/aromatic N) is 2. The van der Waals surface area contributed by atoms with Crippen molar-refractivity contribution in [3.05, 3.63) is 63.0 Å². The van der Waals surface area contributed by atoms with Gasteiger partial charge >= 0.3 is 0 Å². The number of rotatable bonds is 2. The lowest BCUT2D eigenvalue weighted by Gasteiger charge is -2.42. The summed E-state index contributed by atoms with van der Waals surface area (Å²) < 4.78 is 1.94. The van der Waals surface area contributed by atoms with Crippen LogP contribution in [0.2, 0.25) is 5.02 Å². The highest BCUT2D eigenvalue weighted by atomic mass is 35.5. The standard InChI is InChI=1S/C18H19ClN2O2/c19-15-4-5-17(22)14(7-15)11-20-8-12-6-13(10-20)16-2-1-3-18(23)21(16)9-12/h1-5,7,12-13,22H,6,8-11H2. The van der Waals surface area contributed by atoms with Crippen molar-refractivity contribution in [2.75, 3.05) is 13.1 Å². The molecule has 3 heterocycles. The van der Waals surface area contributed by atoms with E-state index in [1.807, 2.05) is 16.7 Å². The Morgan fingerprint density at radius 1 is 1.17 bits per heavy atom. The highest BCUT2D eigenvalue weighted by Gasteiger charge is 2.34. The zero-order valence-electron chi connectivity index (χ0n) is 12.8. The molecule has 1 saturated heterocycles. The molecule has 0 saturated carbocycles. The van der Waals surface area contributed by atoms with Gasteiger partial charge in [-0.05, 0) is 36.6 Å². The predicted molar refractivity (Wildman–Crippen MR) is 89.9 cm³/mol. The minimum Gasteiger partial charge on any atom is -0.508 e. The topological polar surface area (TPSA) is 45.5 Å². The van der Waals surface area contributed by atoms with Crippen molar-refractivity contribution in [3.8, 4) is 5.75 Å². The summed E-state index contributed by atoms with van der Waals surface area (Å²) in [7, 11) is 0. The molecular weight excluding hydrogens is 312 g/mol. The molecule has 23 heavy (non-hydrogen) atoms. The molecule has 1 N–H and O–H groups in total. The largest absolute Gasteiger partial charge is 0.508 e. The van der Waals surface area contributed by atoms with Crippen LogP contribution >= 0.6 is 11.6 Å². The third kappa shape index (κ3) is 2.77. The molecule has 4 nitrogen and oxygen atoms in total. The average Bonchev–Trinajstić information content (AvgIpc) is 2.52. The SMILES string of the molecule is O=c1cccc2n1CC1CC2CN(Cc2cc(Cl)ccc2O)C1. The van der Waals surface area contributed by atoms with Crippen LogP contribution in [0.15, 0.2) is 41.2 Å².